The van der Waals surface area contributed by atoms with Gasteiger partial charge < -0.3 is 14.2 Å². The van der Waals surface area contributed by atoms with E-state index < -0.39 is 0 Å². The number of furan rings is 1. The van der Waals surface area contributed by atoms with Crippen molar-refractivity contribution in [1.82, 2.24) is 9.80 Å². The first-order chi connectivity index (χ1) is 12.0. The highest BCUT2D eigenvalue weighted by atomic mass is 16.3. The molecule has 0 atom stereocenters. The van der Waals surface area contributed by atoms with E-state index in [-0.39, 0.29) is 11.8 Å². The van der Waals surface area contributed by atoms with Gasteiger partial charge in [-0.2, -0.15) is 0 Å². The second kappa shape index (κ2) is 7.55. The molecular weight excluding hydrogens is 316 g/mol. The van der Waals surface area contributed by atoms with E-state index in [4.69, 9.17) is 4.42 Å². The van der Waals surface area contributed by atoms with Crippen LogP contribution >= 0.6 is 0 Å². The maximum absolute atomic E-state index is 12.8. The third-order valence-corrected chi connectivity index (χ3v) is 4.40. The summed E-state index contributed by atoms with van der Waals surface area (Å²) in [6, 6.07) is 11.1. The van der Waals surface area contributed by atoms with Gasteiger partial charge in [0.2, 0.25) is 5.91 Å². The van der Waals surface area contributed by atoms with Crippen LogP contribution in [-0.2, 0) is 4.79 Å². The van der Waals surface area contributed by atoms with Crippen molar-refractivity contribution < 1.29 is 14.0 Å². The largest absolute Gasteiger partial charge is 0.464 e. The SMILES string of the molecule is CC(C)CN1CCN(C(=O)c2ccc(-c3ccco3)cc2)CCC1=O. The highest BCUT2D eigenvalue weighted by Crippen LogP contribution is 2.21. The molecule has 132 valence electrons. The number of carbonyl (C=O) groups is 2. The molecule has 0 radical (unpaired) electrons. The summed E-state index contributed by atoms with van der Waals surface area (Å²) < 4.78 is 5.37. The minimum atomic E-state index is -0.0230. The minimum absolute atomic E-state index is 0.0230. The molecule has 2 aromatic rings. The van der Waals surface area contributed by atoms with Crippen molar-refractivity contribution in [3.8, 4) is 11.3 Å². The topological polar surface area (TPSA) is 53.8 Å². The van der Waals surface area contributed by atoms with Gasteiger partial charge >= 0.3 is 0 Å². The Morgan fingerprint density at radius 1 is 1.12 bits per heavy atom. The van der Waals surface area contributed by atoms with E-state index >= 15 is 0 Å². The quantitative estimate of drug-likeness (QED) is 0.858. The Bertz CT molecular complexity index is 720. The lowest BCUT2D eigenvalue weighted by Gasteiger charge is -2.23. The predicted molar refractivity (Wildman–Crippen MR) is 96.1 cm³/mol. The van der Waals surface area contributed by atoms with E-state index in [1.807, 2.05) is 41.3 Å². The summed E-state index contributed by atoms with van der Waals surface area (Å²) in [6.07, 6.45) is 2.02. The van der Waals surface area contributed by atoms with Gasteiger partial charge in [0.25, 0.3) is 5.91 Å². The fourth-order valence-electron chi connectivity index (χ4n) is 3.11. The van der Waals surface area contributed by atoms with Gasteiger partial charge in [-0.3, -0.25) is 9.59 Å². The second-order valence-electron chi connectivity index (χ2n) is 6.83. The van der Waals surface area contributed by atoms with E-state index in [0.717, 1.165) is 17.9 Å². The van der Waals surface area contributed by atoms with Gasteiger partial charge in [-0.15, -0.1) is 0 Å². The summed E-state index contributed by atoms with van der Waals surface area (Å²) in [5.41, 5.74) is 1.58. The number of benzene rings is 1. The molecule has 1 saturated heterocycles. The standard InChI is InChI=1S/C20H24N2O3/c1-15(2)14-22-12-11-21(10-9-19(22)23)20(24)17-7-5-16(6-8-17)18-4-3-13-25-18/h3-8,13,15H,9-12,14H2,1-2H3. The monoisotopic (exact) mass is 340 g/mol. The van der Waals surface area contributed by atoms with Gasteiger partial charge in [0, 0.05) is 43.7 Å². The van der Waals surface area contributed by atoms with Crippen LogP contribution in [0, 0.1) is 5.92 Å². The minimum Gasteiger partial charge on any atom is -0.464 e. The molecule has 25 heavy (non-hydrogen) atoms. The highest BCUT2D eigenvalue weighted by molar-refractivity contribution is 5.95. The van der Waals surface area contributed by atoms with Gasteiger partial charge in [-0.05, 0) is 30.2 Å². The molecule has 1 aromatic carbocycles. The van der Waals surface area contributed by atoms with Crippen LogP contribution in [0.3, 0.4) is 0 Å². The molecule has 3 rings (SSSR count). The number of amides is 2. The second-order valence-corrected chi connectivity index (χ2v) is 6.83. The maximum Gasteiger partial charge on any atom is 0.253 e. The summed E-state index contributed by atoms with van der Waals surface area (Å²) in [7, 11) is 0. The fourth-order valence-corrected chi connectivity index (χ4v) is 3.11. The zero-order chi connectivity index (χ0) is 17.8. The highest BCUT2D eigenvalue weighted by Gasteiger charge is 2.24. The van der Waals surface area contributed by atoms with Crippen molar-refractivity contribution in [2.45, 2.75) is 20.3 Å². The van der Waals surface area contributed by atoms with Crippen LogP contribution in [0.1, 0.15) is 30.6 Å². The molecule has 0 unspecified atom stereocenters. The molecule has 0 aliphatic carbocycles. The average Bonchev–Trinajstić information content (AvgIpc) is 3.08. The van der Waals surface area contributed by atoms with Gasteiger partial charge in [0.05, 0.1) is 6.26 Å². The first kappa shape index (κ1) is 17.3. The van der Waals surface area contributed by atoms with Crippen molar-refractivity contribution in [2.24, 2.45) is 5.92 Å². The molecule has 0 saturated carbocycles. The number of rotatable bonds is 4. The summed E-state index contributed by atoms with van der Waals surface area (Å²) in [4.78, 5) is 28.6. The Morgan fingerprint density at radius 3 is 2.52 bits per heavy atom. The summed E-state index contributed by atoms with van der Waals surface area (Å²) in [6.45, 7) is 6.61. The Hall–Kier alpha value is -2.56. The summed E-state index contributed by atoms with van der Waals surface area (Å²) in [5, 5.41) is 0. The third kappa shape index (κ3) is 4.10. The summed E-state index contributed by atoms with van der Waals surface area (Å²) >= 11 is 0. The van der Waals surface area contributed by atoms with Crippen molar-refractivity contribution in [3.63, 3.8) is 0 Å². The molecule has 0 N–H and O–H groups in total. The number of carbonyl (C=O) groups excluding carboxylic acids is 2. The Labute approximate surface area is 148 Å². The zero-order valence-electron chi connectivity index (χ0n) is 14.8. The Kier molecular flexibility index (Phi) is 5.22. The van der Waals surface area contributed by atoms with Crippen molar-refractivity contribution in [3.05, 3.63) is 48.2 Å². The van der Waals surface area contributed by atoms with Gasteiger partial charge in [0.1, 0.15) is 5.76 Å². The van der Waals surface area contributed by atoms with E-state index in [1.165, 1.54) is 0 Å². The smallest absolute Gasteiger partial charge is 0.253 e. The molecule has 2 amide bonds. The van der Waals surface area contributed by atoms with Crippen LogP contribution in [0.2, 0.25) is 0 Å². The van der Waals surface area contributed by atoms with E-state index in [0.29, 0.717) is 37.5 Å². The number of hydrogen-bond donors (Lipinski definition) is 0. The van der Waals surface area contributed by atoms with Crippen LogP contribution in [0.25, 0.3) is 11.3 Å². The number of hydrogen-bond acceptors (Lipinski definition) is 3. The lowest BCUT2D eigenvalue weighted by Crippen LogP contribution is -2.37. The molecule has 5 nitrogen and oxygen atoms in total. The molecular formula is C20H24N2O3. The molecule has 0 spiro atoms. The van der Waals surface area contributed by atoms with E-state index in [2.05, 4.69) is 13.8 Å². The molecule has 1 fully saturated rings. The van der Waals surface area contributed by atoms with Gasteiger partial charge in [-0.1, -0.05) is 26.0 Å². The molecule has 1 aromatic heterocycles. The van der Waals surface area contributed by atoms with Crippen LogP contribution in [0.15, 0.2) is 47.1 Å². The predicted octanol–water partition coefficient (Wildman–Crippen LogP) is 3.28. The lowest BCUT2D eigenvalue weighted by atomic mass is 10.1. The van der Waals surface area contributed by atoms with Crippen LogP contribution in [0.5, 0.6) is 0 Å². The van der Waals surface area contributed by atoms with E-state index in [9.17, 15) is 9.59 Å². The zero-order valence-corrected chi connectivity index (χ0v) is 14.8. The van der Waals surface area contributed by atoms with Crippen molar-refractivity contribution in [2.75, 3.05) is 26.2 Å². The normalized spacial score (nSPS) is 15.6. The average molecular weight is 340 g/mol. The molecule has 1 aliphatic heterocycles. The number of nitrogens with zero attached hydrogens (tertiary/aromatic N) is 2. The molecule has 1 aliphatic rings. The Balaban J connectivity index is 1.67. The maximum atomic E-state index is 12.8. The first-order valence-electron chi connectivity index (χ1n) is 8.75. The van der Waals surface area contributed by atoms with Gasteiger partial charge in [-0.25, -0.2) is 0 Å². The van der Waals surface area contributed by atoms with Gasteiger partial charge in [0.15, 0.2) is 0 Å². The van der Waals surface area contributed by atoms with Crippen LogP contribution in [-0.4, -0.2) is 47.8 Å². The molecule has 0 bridgehead atoms. The van der Waals surface area contributed by atoms with Crippen LogP contribution < -0.4 is 0 Å². The fraction of sp³-hybridized carbons (Fsp3) is 0.400. The molecule has 5 heteroatoms. The molecule has 2 heterocycles. The summed E-state index contributed by atoms with van der Waals surface area (Å²) in [5.74, 6) is 1.33. The first-order valence-corrected chi connectivity index (χ1v) is 8.75. The van der Waals surface area contributed by atoms with Crippen molar-refractivity contribution >= 4 is 11.8 Å². The Morgan fingerprint density at radius 2 is 1.88 bits per heavy atom. The van der Waals surface area contributed by atoms with Crippen LogP contribution in [0.4, 0.5) is 0 Å². The third-order valence-electron chi connectivity index (χ3n) is 4.40. The van der Waals surface area contributed by atoms with Crippen molar-refractivity contribution in [1.29, 1.82) is 0 Å². The lowest BCUT2D eigenvalue weighted by molar-refractivity contribution is -0.130. The van der Waals surface area contributed by atoms with E-state index in [1.54, 1.807) is 11.2 Å².